The Kier molecular flexibility index (Phi) is 5.65. The Labute approximate surface area is 127 Å². The Hall–Kier alpha value is -1.52. The van der Waals surface area contributed by atoms with E-state index in [1.807, 2.05) is 19.3 Å². The third-order valence-corrected chi connectivity index (χ3v) is 3.42. The average Bonchev–Trinajstić information content (AvgIpc) is 3.00. The van der Waals surface area contributed by atoms with Gasteiger partial charge in [-0.3, -0.25) is 4.90 Å². The Morgan fingerprint density at radius 3 is 2.71 bits per heavy atom. The normalized spacial score (nSPS) is 11.7. The summed E-state index contributed by atoms with van der Waals surface area (Å²) in [4.78, 5) is 2.22. The van der Waals surface area contributed by atoms with Crippen LogP contribution in [-0.2, 0) is 19.6 Å². The molecule has 0 spiro atoms. The molecule has 0 fully saturated rings. The number of hydrogen-bond donors (Lipinski definition) is 1. The second kappa shape index (κ2) is 7.48. The Balaban J connectivity index is 1.80. The predicted octanol–water partition coefficient (Wildman–Crippen LogP) is 3.56. The highest BCUT2D eigenvalue weighted by Gasteiger charge is 2.09. The van der Waals surface area contributed by atoms with Crippen LogP contribution >= 0.6 is 0 Å². The van der Waals surface area contributed by atoms with Crippen molar-refractivity contribution in [2.75, 3.05) is 13.6 Å². The van der Waals surface area contributed by atoms with Crippen LogP contribution in [0.25, 0.3) is 0 Å². The van der Waals surface area contributed by atoms with Gasteiger partial charge in [0.25, 0.3) is 0 Å². The van der Waals surface area contributed by atoms with Crippen LogP contribution < -0.4 is 5.32 Å². The van der Waals surface area contributed by atoms with Gasteiger partial charge in [0.2, 0.25) is 0 Å². The van der Waals surface area contributed by atoms with Crippen molar-refractivity contribution in [3.05, 3.63) is 47.3 Å². The van der Waals surface area contributed by atoms with E-state index in [1.165, 1.54) is 11.1 Å². The highest BCUT2D eigenvalue weighted by molar-refractivity contribution is 5.16. The van der Waals surface area contributed by atoms with Gasteiger partial charge in [0, 0.05) is 24.2 Å². The zero-order chi connectivity index (χ0) is 15.2. The Morgan fingerprint density at radius 2 is 2.05 bits per heavy atom. The van der Waals surface area contributed by atoms with Gasteiger partial charge in [-0.05, 0) is 38.6 Å². The fraction of sp³-hybridized carbons (Fsp3) is 0.529. The number of hydrogen-bond acceptors (Lipinski definition) is 4. The van der Waals surface area contributed by atoms with Crippen molar-refractivity contribution in [1.29, 1.82) is 0 Å². The van der Waals surface area contributed by atoms with Crippen molar-refractivity contribution in [2.24, 2.45) is 5.92 Å². The standard InChI is InChI=1S/C17H26N2O2/c1-13(2)8-18-9-15-7-17(21-12-15)11-19(4)10-16-5-6-20-14(16)3/h5-7,12-13,18H,8-11H2,1-4H3. The molecule has 0 aliphatic carbocycles. The lowest BCUT2D eigenvalue weighted by Crippen LogP contribution is -2.18. The number of rotatable bonds is 8. The minimum absolute atomic E-state index is 0.667. The Bertz CT molecular complexity index is 542. The first-order valence-electron chi connectivity index (χ1n) is 7.53. The van der Waals surface area contributed by atoms with E-state index in [0.29, 0.717) is 5.92 Å². The van der Waals surface area contributed by atoms with Gasteiger partial charge >= 0.3 is 0 Å². The number of nitrogens with zero attached hydrogens (tertiary/aromatic N) is 1. The molecule has 0 saturated carbocycles. The van der Waals surface area contributed by atoms with Gasteiger partial charge in [0.1, 0.15) is 11.5 Å². The lowest BCUT2D eigenvalue weighted by atomic mass is 10.2. The molecule has 0 bridgehead atoms. The third-order valence-electron chi connectivity index (χ3n) is 3.42. The zero-order valence-electron chi connectivity index (χ0n) is 13.5. The highest BCUT2D eigenvalue weighted by atomic mass is 16.3. The third kappa shape index (κ3) is 5.06. The summed E-state index contributed by atoms with van der Waals surface area (Å²) in [5.41, 5.74) is 2.43. The molecule has 0 aliphatic heterocycles. The molecule has 1 N–H and O–H groups in total. The second-order valence-electron chi connectivity index (χ2n) is 6.12. The van der Waals surface area contributed by atoms with Crippen LogP contribution in [0, 0.1) is 12.8 Å². The first-order chi connectivity index (χ1) is 10.0. The molecule has 0 unspecified atom stereocenters. The maximum atomic E-state index is 5.64. The maximum Gasteiger partial charge on any atom is 0.118 e. The minimum atomic E-state index is 0.667. The predicted molar refractivity (Wildman–Crippen MR) is 83.9 cm³/mol. The molecule has 2 aromatic rings. The van der Waals surface area contributed by atoms with Crippen LogP contribution in [0.3, 0.4) is 0 Å². The fourth-order valence-corrected chi connectivity index (χ4v) is 2.30. The molecule has 2 heterocycles. The summed E-state index contributed by atoms with van der Waals surface area (Å²) in [5, 5.41) is 3.43. The first-order valence-corrected chi connectivity index (χ1v) is 7.53. The van der Waals surface area contributed by atoms with Crippen LogP contribution in [0.5, 0.6) is 0 Å². The van der Waals surface area contributed by atoms with Gasteiger partial charge in [-0.15, -0.1) is 0 Å². The molecule has 116 valence electrons. The van der Waals surface area contributed by atoms with Gasteiger partial charge in [-0.2, -0.15) is 0 Å². The van der Waals surface area contributed by atoms with Gasteiger partial charge in [0.15, 0.2) is 0 Å². The van der Waals surface area contributed by atoms with E-state index in [-0.39, 0.29) is 0 Å². The second-order valence-corrected chi connectivity index (χ2v) is 6.12. The summed E-state index contributed by atoms with van der Waals surface area (Å²) in [6, 6.07) is 4.15. The van der Waals surface area contributed by atoms with Gasteiger partial charge < -0.3 is 14.2 Å². The molecule has 0 saturated heterocycles. The molecular formula is C17H26N2O2. The molecule has 2 aromatic heterocycles. The van der Waals surface area contributed by atoms with Crippen LogP contribution in [0.15, 0.2) is 33.5 Å². The molecule has 0 amide bonds. The topological polar surface area (TPSA) is 41.6 Å². The van der Waals surface area contributed by atoms with Crippen LogP contribution in [-0.4, -0.2) is 18.5 Å². The van der Waals surface area contributed by atoms with Crippen molar-refractivity contribution in [3.8, 4) is 0 Å². The first kappa shape index (κ1) is 15.9. The number of nitrogens with one attached hydrogen (secondary N) is 1. The Morgan fingerprint density at radius 1 is 1.24 bits per heavy atom. The monoisotopic (exact) mass is 290 g/mol. The van der Waals surface area contributed by atoms with Crippen molar-refractivity contribution >= 4 is 0 Å². The van der Waals surface area contributed by atoms with E-state index in [4.69, 9.17) is 8.83 Å². The van der Waals surface area contributed by atoms with Crippen LogP contribution in [0.4, 0.5) is 0 Å². The van der Waals surface area contributed by atoms with E-state index >= 15 is 0 Å². The van der Waals surface area contributed by atoms with E-state index in [9.17, 15) is 0 Å². The largest absolute Gasteiger partial charge is 0.469 e. The van der Waals surface area contributed by atoms with Crippen molar-refractivity contribution in [1.82, 2.24) is 10.2 Å². The molecule has 0 atom stereocenters. The average molecular weight is 290 g/mol. The molecule has 0 aromatic carbocycles. The number of furan rings is 2. The summed E-state index contributed by atoms with van der Waals surface area (Å²) in [6.07, 6.45) is 3.59. The lowest BCUT2D eigenvalue weighted by molar-refractivity contribution is 0.286. The minimum Gasteiger partial charge on any atom is -0.469 e. The summed E-state index contributed by atoms with van der Waals surface area (Å²) in [6.45, 7) is 9.97. The summed E-state index contributed by atoms with van der Waals surface area (Å²) < 4.78 is 11.0. The molecule has 21 heavy (non-hydrogen) atoms. The molecule has 0 aliphatic rings. The van der Waals surface area contributed by atoms with Gasteiger partial charge in [-0.1, -0.05) is 13.8 Å². The maximum absolute atomic E-state index is 5.64. The fourth-order valence-electron chi connectivity index (χ4n) is 2.30. The summed E-state index contributed by atoms with van der Waals surface area (Å²) in [5.74, 6) is 2.65. The summed E-state index contributed by atoms with van der Waals surface area (Å²) in [7, 11) is 2.09. The van der Waals surface area contributed by atoms with E-state index < -0.39 is 0 Å². The van der Waals surface area contributed by atoms with E-state index in [2.05, 4.69) is 37.2 Å². The molecule has 2 rings (SSSR count). The number of aryl methyl sites for hydroxylation is 1. The zero-order valence-corrected chi connectivity index (χ0v) is 13.5. The van der Waals surface area contributed by atoms with E-state index in [1.54, 1.807) is 6.26 Å². The van der Waals surface area contributed by atoms with Crippen molar-refractivity contribution < 1.29 is 8.83 Å². The van der Waals surface area contributed by atoms with Crippen molar-refractivity contribution in [3.63, 3.8) is 0 Å². The van der Waals surface area contributed by atoms with Gasteiger partial charge in [-0.25, -0.2) is 0 Å². The van der Waals surface area contributed by atoms with Crippen LogP contribution in [0.2, 0.25) is 0 Å². The van der Waals surface area contributed by atoms with Crippen LogP contribution in [0.1, 0.15) is 36.5 Å². The lowest BCUT2D eigenvalue weighted by Gasteiger charge is -2.14. The highest BCUT2D eigenvalue weighted by Crippen LogP contribution is 2.14. The molecular weight excluding hydrogens is 264 g/mol. The van der Waals surface area contributed by atoms with Gasteiger partial charge in [0.05, 0.1) is 19.1 Å². The van der Waals surface area contributed by atoms with Crippen molar-refractivity contribution in [2.45, 2.75) is 40.4 Å². The summed E-state index contributed by atoms with van der Waals surface area (Å²) >= 11 is 0. The molecule has 0 radical (unpaired) electrons. The van der Waals surface area contributed by atoms with E-state index in [0.717, 1.165) is 37.7 Å². The molecule has 4 heteroatoms. The molecule has 4 nitrogen and oxygen atoms in total. The quantitative estimate of drug-likeness (QED) is 0.807. The SMILES string of the molecule is Cc1occc1CN(C)Cc1cc(CNCC(C)C)co1. The smallest absolute Gasteiger partial charge is 0.118 e.